The highest BCUT2D eigenvalue weighted by Gasteiger charge is 2.21. The molecule has 0 aliphatic heterocycles. The molecule has 26 heavy (non-hydrogen) atoms. The maximum atomic E-state index is 12.8. The van der Waals surface area contributed by atoms with Crippen molar-refractivity contribution in [1.29, 1.82) is 0 Å². The Morgan fingerprint density at radius 3 is 2.73 bits per heavy atom. The van der Waals surface area contributed by atoms with Gasteiger partial charge < -0.3 is 5.32 Å². The first-order chi connectivity index (χ1) is 12.7. The Morgan fingerprint density at radius 1 is 1.12 bits per heavy atom. The van der Waals surface area contributed by atoms with E-state index in [1.807, 2.05) is 36.4 Å². The molecule has 2 nitrogen and oxygen atoms in total. The van der Waals surface area contributed by atoms with Crippen LogP contribution in [0.25, 0.3) is 0 Å². The molecule has 0 bridgehead atoms. The number of amides is 1. The second-order valence-electron chi connectivity index (χ2n) is 7.18. The van der Waals surface area contributed by atoms with Crippen LogP contribution in [0, 0.1) is 5.92 Å². The Bertz CT molecular complexity index is 913. The molecule has 1 N–H and O–H groups in total. The monoisotopic (exact) mass is 361 g/mol. The predicted molar refractivity (Wildman–Crippen MR) is 109 cm³/mol. The summed E-state index contributed by atoms with van der Waals surface area (Å²) in [6.45, 7) is 2.29. The van der Waals surface area contributed by atoms with E-state index in [-0.39, 0.29) is 5.91 Å². The summed E-state index contributed by atoms with van der Waals surface area (Å²) in [5, 5.41) is 3.14. The van der Waals surface area contributed by atoms with E-state index in [1.165, 1.54) is 22.4 Å². The second-order valence-corrected chi connectivity index (χ2v) is 8.32. The number of nitrogens with one attached hydrogen (secondary N) is 1. The summed E-state index contributed by atoms with van der Waals surface area (Å²) >= 11 is 1.66. The fraction of sp³-hybridized carbons (Fsp3) is 0.261. The van der Waals surface area contributed by atoms with Gasteiger partial charge in [0.25, 0.3) is 5.91 Å². The van der Waals surface area contributed by atoms with Gasteiger partial charge >= 0.3 is 0 Å². The normalized spacial score (nSPS) is 16.1. The largest absolute Gasteiger partial charge is 0.321 e. The summed E-state index contributed by atoms with van der Waals surface area (Å²) in [5.41, 5.74) is 4.66. The summed E-state index contributed by atoms with van der Waals surface area (Å²) < 4.78 is 0. The van der Waals surface area contributed by atoms with Crippen molar-refractivity contribution in [3.8, 4) is 0 Å². The SMILES string of the molecule is C[C@@H]1CCc2sc(C(=O)Nc3ccccc3Cc3ccccc3)cc2C1. The average molecular weight is 362 g/mol. The summed E-state index contributed by atoms with van der Waals surface area (Å²) in [5.74, 6) is 0.733. The topological polar surface area (TPSA) is 29.1 Å². The zero-order chi connectivity index (χ0) is 17.9. The van der Waals surface area contributed by atoms with Gasteiger partial charge in [-0.1, -0.05) is 55.5 Å². The van der Waals surface area contributed by atoms with Gasteiger partial charge in [-0.2, -0.15) is 0 Å². The molecule has 0 radical (unpaired) electrons. The lowest BCUT2D eigenvalue weighted by molar-refractivity contribution is 0.103. The van der Waals surface area contributed by atoms with Crippen LogP contribution in [0.5, 0.6) is 0 Å². The number of fused-ring (bicyclic) bond motifs is 1. The van der Waals surface area contributed by atoms with E-state index in [0.717, 1.165) is 41.3 Å². The zero-order valence-electron chi connectivity index (χ0n) is 15.0. The van der Waals surface area contributed by atoms with Crippen molar-refractivity contribution >= 4 is 22.9 Å². The van der Waals surface area contributed by atoms with E-state index in [0.29, 0.717) is 0 Å². The predicted octanol–water partition coefficient (Wildman–Crippen LogP) is 5.72. The second kappa shape index (κ2) is 7.46. The van der Waals surface area contributed by atoms with Crippen LogP contribution in [-0.4, -0.2) is 5.91 Å². The Kier molecular flexibility index (Phi) is 4.89. The van der Waals surface area contributed by atoms with Crippen molar-refractivity contribution in [1.82, 2.24) is 0 Å². The molecular weight excluding hydrogens is 338 g/mol. The van der Waals surface area contributed by atoms with Gasteiger partial charge in [0.15, 0.2) is 0 Å². The van der Waals surface area contributed by atoms with Crippen molar-refractivity contribution in [2.45, 2.75) is 32.6 Å². The Hall–Kier alpha value is -2.39. The molecule has 0 saturated carbocycles. The van der Waals surface area contributed by atoms with E-state index in [1.54, 1.807) is 11.3 Å². The standard InChI is InChI=1S/C23H23NOS/c1-16-11-12-21-19(13-16)15-22(26-21)23(25)24-20-10-6-5-9-18(20)14-17-7-3-2-4-8-17/h2-10,15-16H,11-14H2,1H3,(H,24,25)/t16-/m1/s1. The molecule has 1 aliphatic carbocycles. The van der Waals surface area contributed by atoms with Gasteiger partial charge in [0, 0.05) is 10.6 Å². The summed E-state index contributed by atoms with van der Waals surface area (Å²) in [4.78, 5) is 15.0. The number of para-hydroxylation sites is 1. The molecule has 4 rings (SSSR count). The fourth-order valence-corrected chi connectivity index (χ4v) is 4.72. The summed E-state index contributed by atoms with van der Waals surface area (Å²) in [6.07, 6.45) is 4.26. The van der Waals surface area contributed by atoms with Gasteiger partial charge in [-0.15, -0.1) is 11.3 Å². The van der Waals surface area contributed by atoms with Gasteiger partial charge in [0.2, 0.25) is 0 Å². The van der Waals surface area contributed by atoms with Gasteiger partial charge in [0.05, 0.1) is 4.88 Å². The van der Waals surface area contributed by atoms with Crippen LogP contribution in [0.1, 0.15) is 44.6 Å². The van der Waals surface area contributed by atoms with Crippen molar-refractivity contribution in [2.75, 3.05) is 5.32 Å². The highest BCUT2D eigenvalue weighted by Crippen LogP contribution is 2.32. The lowest BCUT2D eigenvalue weighted by Gasteiger charge is -2.16. The minimum Gasteiger partial charge on any atom is -0.321 e. The first kappa shape index (κ1) is 17.0. The van der Waals surface area contributed by atoms with Gasteiger partial charge in [0.1, 0.15) is 0 Å². The first-order valence-corrected chi connectivity index (χ1v) is 10.1. The third-order valence-electron chi connectivity index (χ3n) is 5.06. The molecule has 2 aromatic carbocycles. The van der Waals surface area contributed by atoms with Crippen molar-refractivity contribution in [2.24, 2.45) is 5.92 Å². The highest BCUT2D eigenvalue weighted by molar-refractivity contribution is 7.14. The van der Waals surface area contributed by atoms with Gasteiger partial charge in [-0.05, 0) is 60.4 Å². The van der Waals surface area contributed by atoms with E-state index in [4.69, 9.17) is 0 Å². The van der Waals surface area contributed by atoms with Crippen molar-refractivity contribution in [3.63, 3.8) is 0 Å². The lowest BCUT2D eigenvalue weighted by atomic mass is 9.90. The molecule has 1 atom stereocenters. The van der Waals surface area contributed by atoms with E-state index in [9.17, 15) is 4.79 Å². The number of benzene rings is 2. The third-order valence-corrected chi connectivity index (χ3v) is 6.29. The van der Waals surface area contributed by atoms with E-state index >= 15 is 0 Å². The van der Waals surface area contributed by atoms with Crippen LogP contribution in [0.3, 0.4) is 0 Å². The van der Waals surface area contributed by atoms with Crippen molar-refractivity contribution < 1.29 is 4.79 Å². The molecule has 0 saturated heterocycles. The molecule has 1 aliphatic rings. The number of anilines is 1. The number of hydrogen-bond donors (Lipinski definition) is 1. The molecule has 132 valence electrons. The number of aryl methyl sites for hydroxylation is 1. The number of thiophene rings is 1. The zero-order valence-corrected chi connectivity index (χ0v) is 15.8. The highest BCUT2D eigenvalue weighted by atomic mass is 32.1. The fourth-order valence-electron chi connectivity index (χ4n) is 3.61. The van der Waals surface area contributed by atoms with Crippen LogP contribution in [0.4, 0.5) is 5.69 Å². The lowest BCUT2D eigenvalue weighted by Crippen LogP contribution is -2.12. The van der Waals surface area contributed by atoms with Crippen LogP contribution < -0.4 is 5.32 Å². The molecule has 0 spiro atoms. The molecule has 3 heteroatoms. The van der Waals surface area contributed by atoms with Crippen molar-refractivity contribution in [3.05, 3.63) is 87.1 Å². The minimum atomic E-state index is 0.0116. The Morgan fingerprint density at radius 2 is 1.88 bits per heavy atom. The molecule has 1 amide bonds. The average Bonchev–Trinajstić information content (AvgIpc) is 3.07. The molecule has 0 fully saturated rings. The molecular formula is C23H23NOS. The summed E-state index contributed by atoms with van der Waals surface area (Å²) in [6, 6.07) is 20.5. The third kappa shape index (κ3) is 3.73. The van der Waals surface area contributed by atoms with E-state index < -0.39 is 0 Å². The van der Waals surface area contributed by atoms with Crippen LogP contribution >= 0.6 is 11.3 Å². The van der Waals surface area contributed by atoms with Gasteiger partial charge in [-0.3, -0.25) is 4.79 Å². The molecule has 3 aromatic rings. The molecule has 1 heterocycles. The summed E-state index contributed by atoms with van der Waals surface area (Å²) in [7, 11) is 0. The molecule has 0 unspecified atom stereocenters. The quantitative estimate of drug-likeness (QED) is 0.633. The van der Waals surface area contributed by atoms with Crippen LogP contribution in [0.2, 0.25) is 0 Å². The van der Waals surface area contributed by atoms with Crippen LogP contribution in [0.15, 0.2) is 60.7 Å². The number of rotatable bonds is 4. The smallest absolute Gasteiger partial charge is 0.265 e. The van der Waals surface area contributed by atoms with E-state index in [2.05, 4.69) is 36.5 Å². The first-order valence-electron chi connectivity index (χ1n) is 9.24. The number of carbonyl (C=O) groups excluding carboxylic acids is 1. The van der Waals surface area contributed by atoms with Gasteiger partial charge in [-0.25, -0.2) is 0 Å². The number of carbonyl (C=O) groups is 1. The maximum absolute atomic E-state index is 12.8. The maximum Gasteiger partial charge on any atom is 0.265 e. The number of hydrogen-bond acceptors (Lipinski definition) is 2. The molecule has 1 aromatic heterocycles. The minimum absolute atomic E-state index is 0.0116. The van der Waals surface area contributed by atoms with Crippen LogP contribution in [-0.2, 0) is 19.3 Å². The Labute approximate surface area is 158 Å². The Balaban J connectivity index is 1.53.